The number of sulfonamides is 1. The van der Waals surface area contributed by atoms with Crippen molar-refractivity contribution in [2.75, 3.05) is 7.11 Å². The van der Waals surface area contributed by atoms with Crippen molar-refractivity contribution in [1.82, 2.24) is 9.78 Å². The third-order valence-corrected chi connectivity index (χ3v) is 5.13. The summed E-state index contributed by atoms with van der Waals surface area (Å²) in [6.45, 7) is 1.77. The molecule has 1 aromatic heterocycles. The lowest BCUT2D eigenvalue weighted by molar-refractivity contribution is 0.386. The van der Waals surface area contributed by atoms with E-state index in [2.05, 4.69) is 11.2 Å². The zero-order chi connectivity index (χ0) is 21.2. The van der Waals surface area contributed by atoms with E-state index in [1.54, 1.807) is 25.3 Å². The Morgan fingerprint density at radius 3 is 2.38 bits per heavy atom. The van der Waals surface area contributed by atoms with Crippen LogP contribution in [0.1, 0.15) is 12.6 Å². The fraction of sp³-hybridized carbons (Fsp3) is 0.100. The van der Waals surface area contributed by atoms with Gasteiger partial charge in [-0.25, -0.2) is 22.6 Å². The first-order valence-electron chi connectivity index (χ1n) is 8.42. The number of benzene rings is 2. The molecule has 1 heterocycles. The predicted octanol–water partition coefficient (Wildman–Crippen LogP) is 3.37. The van der Waals surface area contributed by atoms with Crippen molar-refractivity contribution in [2.24, 2.45) is 5.14 Å². The Morgan fingerprint density at radius 1 is 1.21 bits per heavy atom. The number of hydrogen-bond acceptors (Lipinski definition) is 5. The number of nitrogens with zero attached hydrogens (tertiary/aromatic N) is 3. The molecular formula is C20H17FN4O3S. The van der Waals surface area contributed by atoms with E-state index in [-0.39, 0.29) is 16.3 Å². The molecule has 2 aromatic carbocycles. The summed E-state index contributed by atoms with van der Waals surface area (Å²) in [7, 11) is -2.48. The van der Waals surface area contributed by atoms with Gasteiger partial charge in [0.05, 0.1) is 12.0 Å². The van der Waals surface area contributed by atoms with Crippen LogP contribution in [0.15, 0.2) is 53.4 Å². The van der Waals surface area contributed by atoms with E-state index in [0.29, 0.717) is 22.4 Å². The second-order valence-corrected chi connectivity index (χ2v) is 7.59. The van der Waals surface area contributed by atoms with E-state index in [9.17, 15) is 18.1 Å². The van der Waals surface area contributed by atoms with Crippen LogP contribution < -0.4 is 9.88 Å². The quantitative estimate of drug-likeness (QED) is 0.691. The molecule has 7 nitrogen and oxygen atoms in total. The maximum absolute atomic E-state index is 14.3. The summed E-state index contributed by atoms with van der Waals surface area (Å²) in [5.74, 6) is -0.504. The highest BCUT2D eigenvalue weighted by Gasteiger charge is 2.21. The average Bonchev–Trinajstić information content (AvgIpc) is 3.06. The van der Waals surface area contributed by atoms with E-state index in [1.807, 2.05) is 0 Å². The zero-order valence-electron chi connectivity index (χ0n) is 15.6. The van der Waals surface area contributed by atoms with Gasteiger partial charge in [-0.3, -0.25) is 0 Å². The first-order valence-corrected chi connectivity index (χ1v) is 9.97. The lowest BCUT2D eigenvalue weighted by Crippen LogP contribution is -2.11. The van der Waals surface area contributed by atoms with Gasteiger partial charge in [0.2, 0.25) is 10.0 Å². The Balaban J connectivity index is 2.27. The maximum atomic E-state index is 14.3. The van der Waals surface area contributed by atoms with Crippen molar-refractivity contribution in [3.05, 3.63) is 60.1 Å². The SMILES string of the molecule is CC=Cn1nc(-c2ccc(S(N)(=O)=O)cc2)c(-c2ccc(OC)c(F)c2)c1C#N. The largest absolute Gasteiger partial charge is 0.494 e. The fourth-order valence-corrected chi connectivity index (χ4v) is 3.41. The van der Waals surface area contributed by atoms with Gasteiger partial charge in [-0.1, -0.05) is 24.3 Å². The number of nitrogens with two attached hydrogens (primary N) is 1. The molecule has 0 aliphatic carbocycles. The minimum atomic E-state index is -3.85. The summed E-state index contributed by atoms with van der Waals surface area (Å²) in [6, 6.07) is 12.2. The second kappa shape index (κ2) is 7.87. The molecule has 0 atom stereocenters. The third-order valence-electron chi connectivity index (χ3n) is 4.20. The molecular weight excluding hydrogens is 395 g/mol. The van der Waals surface area contributed by atoms with Crippen LogP contribution in [0.5, 0.6) is 5.75 Å². The van der Waals surface area contributed by atoms with Gasteiger partial charge >= 0.3 is 0 Å². The molecule has 148 valence electrons. The van der Waals surface area contributed by atoms with E-state index >= 15 is 0 Å². The van der Waals surface area contributed by atoms with Gasteiger partial charge in [-0.2, -0.15) is 10.4 Å². The molecule has 0 aliphatic rings. The summed E-state index contributed by atoms with van der Waals surface area (Å²) in [5, 5.41) is 19.3. The van der Waals surface area contributed by atoms with E-state index in [0.717, 1.165) is 0 Å². The van der Waals surface area contributed by atoms with Crippen molar-refractivity contribution < 1.29 is 17.5 Å². The number of aromatic nitrogens is 2. The molecule has 0 fully saturated rings. The Morgan fingerprint density at radius 2 is 1.86 bits per heavy atom. The first kappa shape index (κ1) is 20.3. The molecule has 0 saturated carbocycles. The summed E-state index contributed by atoms with van der Waals surface area (Å²) in [4.78, 5) is -0.0494. The minimum Gasteiger partial charge on any atom is -0.494 e. The fourth-order valence-electron chi connectivity index (χ4n) is 2.89. The van der Waals surface area contributed by atoms with E-state index in [4.69, 9.17) is 9.88 Å². The number of allylic oxidation sites excluding steroid dienone is 1. The molecule has 29 heavy (non-hydrogen) atoms. The predicted molar refractivity (Wildman–Crippen MR) is 107 cm³/mol. The van der Waals surface area contributed by atoms with Crippen LogP contribution in [0.3, 0.4) is 0 Å². The molecule has 0 aliphatic heterocycles. The Labute approximate surface area is 167 Å². The van der Waals surface area contributed by atoms with Crippen LogP contribution in [0.25, 0.3) is 28.6 Å². The van der Waals surface area contributed by atoms with Crippen LogP contribution >= 0.6 is 0 Å². The molecule has 0 unspecified atom stereocenters. The summed E-state index contributed by atoms with van der Waals surface area (Å²) in [5.41, 5.74) is 1.99. The van der Waals surface area contributed by atoms with Crippen molar-refractivity contribution in [1.29, 1.82) is 5.26 Å². The first-order chi connectivity index (χ1) is 13.8. The number of hydrogen-bond donors (Lipinski definition) is 1. The highest BCUT2D eigenvalue weighted by molar-refractivity contribution is 7.89. The van der Waals surface area contributed by atoms with Gasteiger partial charge in [0.15, 0.2) is 17.3 Å². The number of rotatable bonds is 5. The van der Waals surface area contributed by atoms with Crippen molar-refractivity contribution in [3.8, 4) is 34.2 Å². The molecule has 9 heteroatoms. The van der Waals surface area contributed by atoms with Crippen LogP contribution in [0.4, 0.5) is 4.39 Å². The number of primary sulfonamides is 1. The molecule has 0 saturated heterocycles. The number of halogens is 1. The standard InChI is InChI=1S/C20H17FN4O3S/c1-3-10-25-17(12-22)19(14-6-9-18(28-2)16(21)11-14)20(24-25)13-4-7-15(8-5-13)29(23,26)27/h3-11H,1-2H3,(H2,23,26,27). The van der Waals surface area contributed by atoms with Crippen molar-refractivity contribution >= 4 is 16.2 Å². The van der Waals surface area contributed by atoms with E-state index in [1.165, 1.54) is 48.2 Å². The van der Waals surface area contributed by atoms with Gasteiger partial charge < -0.3 is 4.74 Å². The molecule has 2 N–H and O–H groups in total. The summed E-state index contributed by atoms with van der Waals surface area (Å²) >= 11 is 0. The molecule has 0 spiro atoms. The number of ether oxygens (including phenoxy) is 1. The minimum absolute atomic E-state index is 0.0494. The maximum Gasteiger partial charge on any atom is 0.238 e. The highest BCUT2D eigenvalue weighted by atomic mass is 32.2. The van der Waals surface area contributed by atoms with Gasteiger partial charge in [0, 0.05) is 17.3 Å². The van der Waals surface area contributed by atoms with Gasteiger partial charge in [0.25, 0.3) is 0 Å². The Bertz CT molecular complexity index is 1240. The van der Waals surface area contributed by atoms with Crippen molar-refractivity contribution in [3.63, 3.8) is 0 Å². The average molecular weight is 412 g/mol. The second-order valence-electron chi connectivity index (χ2n) is 6.03. The highest BCUT2D eigenvalue weighted by Crippen LogP contribution is 2.36. The summed E-state index contributed by atoms with van der Waals surface area (Å²) < 4.78 is 43.7. The lowest BCUT2D eigenvalue weighted by Gasteiger charge is -2.07. The number of methoxy groups -OCH3 is 1. The summed E-state index contributed by atoms with van der Waals surface area (Å²) in [6.07, 6.45) is 3.31. The van der Waals surface area contributed by atoms with Gasteiger partial charge in [0.1, 0.15) is 11.8 Å². The lowest BCUT2D eigenvalue weighted by atomic mass is 9.99. The Hall–Kier alpha value is -3.48. The zero-order valence-corrected chi connectivity index (χ0v) is 16.4. The van der Waals surface area contributed by atoms with Gasteiger partial charge in [-0.05, 0) is 36.8 Å². The molecule has 0 radical (unpaired) electrons. The van der Waals surface area contributed by atoms with Crippen LogP contribution in [-0.4, -0.2) is 25.3 Å². The Kier molecular flexibility index (Phi) is 5.50. The third kappa shape index (κ3) is 3.89. The molecule has 0 bridgehead atoms. The van der Waals surface area contributed by atoms with Gasteiger partial charge in [-0.15, -0.1) is 0 Å². The smallest absolute Gasteiger partial charge is 0.238 e. The van der Waals surface area contributed by atoms with Crippen molar-refractivity contribution in [2.45, 2.75) is 11.8 Å². The molecule has 3 aromatic rings. The molecule has 3 rings (SSSR count). The normalized spacial score (nSPS) is 11.6. The van der Waals surface area contributed by atoms with Crippen LogP contribution in [-0.2, 0) is 10.0 Å². The van der Waals surface area contributed by atoms with E-state index < -0.39 is 15.8 Å². The van der Waals surface area contributed by atoms with Crippen LogP contribution in [0, 0.1) is 17.1 Å². The van der Waals surface area contributed by atoms with Crippen LogP contribution in [0.2, 0.25) is 0 Å². The topological polar surface area (TPSA) is 111 Å². The molecule has 0 amide bonds. The number of nitriles is 1. The monoisotopic (exact) mass is 412 g/mol.